The largest absolute Gasteiger partial charge is 0.484 e. The fraction of sp³-hybridized carbons (Fsp3) is 0.444. The number of rotatable bonds is 6. The van der Waals surface area contributed by atoms with E-state index in [1.807, 2.05) is 4.57 Å². The number of carbonyl (C=O) groups is 2. The highest BCUT2D eigenvalue weighted by molar-refractivity contribution is 5.90. The fourth-order valence-electron chi connectivity index (χ4n) is 2.88. The van der Waals surface area contributed by atoms with Crippen molar-refractivity contribution in [2.45, 2.75) is 45.2 Å². The highest BCUT2D eigenvalue weighted by atomic mass is 16.5. The van der Waals surface area contributed by atoms with Gasteiger partial charge in [0, 0.05) is 37.2 Å². The van der Waals surface area contributed by atoms with Gasteiger partial charge in [0.2, 0.25) is 5.91 Å². The number of carbonyl (C=O) groups excluding carboxylic acids is 2. The van der Waals surface area contributed by atoms with Crippen molar-refractivity contribution in [3.05, 3.63) is 36.4 Å². The average Bonchev–Trinajstić information content (AvgIpc) is 3.02. The van der Waals surface area contributed by atoms with Crippen molar-refractivity contribution >= 4 is 17.5 Å². The summed E-state index contributed by atoms with van der Waals surface area (Å²) >= 11 is 0. The Labute approximate surface area is 151 Å². The third-order valence-electron chi connectivity index (χ3n) is 4.30. The zero-order valence-corrected chi connectivity index (χ0v) is 14.8. The number of hydrogen-bond donors (Lipinski definition) is 2. The van der Waals surface area contributed by atoms with Crippen LogP contribution in [-0.4, -0.2) is 39.2 Å². The summed E-state index contributed by atoms with van der Waals surface area (Å²) in [6.45, 7) is 2.53. The molecule has 1 aromatic heterocycles. The molecule has 2 heterocycles. The van der Waals surface area contributed by atoms with Gasteiger partial charge >= 0.3 is 0 Å². The number of amides is 2. The number of anilines is 1. The molecule has 138 valence electrons. The van der Waals surface area contributed by atoms with Crippen molar-refractivity contribution in [3.63, 3.8) is 0 Å². The van der Waals surface area contributed by atoms with Crippen LogP contribution in [0.4, 0.5) is 5.69 Å². The molecule has 2 N–H and O–H groups in total. The zero-order valence-electron chi connectivity index (χ0n) is 14.8. The molecule has 0 aliphatic carbocycles. The highest BCUT2D eigenvalue weighted by Crippen LogP contribution is 2.18. The molecule has 2 aromatic rings. The smallest absolute Gasteiger partial charge is 0.258 e. The molecule has 8 heteroatoms. The molecule has 0 spiro atoms. The van der Waals surface area contributed by atoms with Crippen LogP contribution in [0.3, 0.4) is 0 Å². The molecule has 8 nitrogen and oxygen atoms in total. The molecule has 0 bridgehead atoms. The van der Waals surface area contributed by atoms with Crippen molar-refractivity contribution in [2.75, 3.05) is 11.9 Å². The quantitative estimate of drug-likeness (QED) is 0.817. The average molecular weight is 357 g/mol. The van der Waals surface area contributed by atoms with Gasteiger partial charge in [-0.25, -0.2) is 0 Å². The van der Waals surface area contributed by atoms with Gasteiger partial charge in [-0.1, -0.05) is 13.0 Å². The lowest BCUT2D eigenvalue weighted by molar-refractivity contribution is -0.124. The maximum absolute atomic E-state index is 12.2. The number of ether oxygens (including phenoxy) is 1. The lowest BCUT2D eigenvalue weighted by Crippen LogP contribution is -2.38. The Kier molecular flexibility index (Phi) is 5.83. The van der Waals surface area contributed by atoms with Crippen LogP contribution in [0.5, 0.6) is 5.75 Å². The highest BCUT2D eigenvalue weighted by Gasteiger charge is 2.18. The maximum Gasteiger partial charge on any atom is 0.258 e. The van der Waals surface area contributed by atoms with Crippen molar-refractivity contribution in [1.29, 1.82) is 0 Å². The molecular weight excluding hydrogens is 334 g/mol. The van der Waals surface area contributed by atoms with Gasteiger partial charge in [-0.2, -0.15) is 0 Å². The zero-order chi connectivity index (χ0) is 18.4. The van der Waals surface area contributed by atoms with Crippen LogP contribution in [0.25, 0.3) is 0 Å². The number of aryl methyl sites for hydroxylation is 2. The van der Waals surface area contributed by atoms with Crippen molar-refractivity contribution in [1.82, 2.24) is 20.1 Å². The second-order valence-electron chi connectivity index (χ2n) is 6.25. The third kappa shape index (κ3) is 4.81. The van der Waals surface area contributed by atoms with E-state index in [2.05, 4.69) is 20.8 Å². The van der Waals surface area contributed by atoms with E-state index in [0.29, 0.717) is 17.9 Å². The lowest BCUT2D eigenvalue weighted by atomic mass is 10.1. The van der Waals surface area contributed by atoms with Gasteiger partial charge < -0.3 is 19.9 Å². The predicted molar refractivity (Wildman–Crippen MR) is 95.7 cm³/mol. The van der Waals surface area contributed by atoms with E-state index in [1.54, 1.807) is 37.5 Å². The van der Waals surface area contributed by atoms with E-state index >= 15 is 0 Å². The molecule has 1 atom stereocenters. The van der Waals surface area contributed by atoms with Crippen LogP contribution in [0, 0.1) is 0 Å². The monoisotopic (exact) mass is 357 g/mol. The summed E-state index contributed by atoms with van der Waals surface area (Å²) in [6, 6.07) is 7.12. The predicted octanol–water partition coefficient (Wildman–Crippen LogP) is 1.53. The summed E-state index contributed by atoms with van der Waals surface area (Å²) < 4.78 is 7.58. The first kappa shape index (κ1) is 17.9. The maximum atomic E-state index is 12.2. The molecule has 1 aliphatic heterocycles. The Morgan fingerprint density at radius 2 is 2.19 bits per heavy atom. The van der Waals surface area contributed by atoms with Gasteiger partial charge in [-0.15, -0.1) is 10.2 Å². The fourth-order valence-corrected chi connectivity index (χ4v) is 2.88. The molecule has 0 fully saturated rings. The molecule has 0 saturated heterocycles. The van der Waals surface area contributed by atoms with Gasteiger partial charge in [-0.05, 0) is 25.0 Å². The molecule has 26 heavy (non-hydrogen) atoms. The molecule has 2 amide bonds. The Bertz CT molecular complexity index is 751. The Hall–Kier alpha value is -2.90. The molecule has 1 aliphatic rings. The summed E-state index contributed by atoms with van der Waals surface area (Å²) in [5.41, 5.74) is 0.654. The molecular formula is C18H23N5O3. The summed E-state index contributed by atoms with van der Waals surface area (Å²) in [7, 11) is 0. The number of benzene rings is 1. The number of nitrogens with zero attached hydrogens (tertiary/aromatic N) is 3. The van der Waals surface area contributed by atoms with E-state index in [1.165, 1.54) is 0 Å². The molecule has 3 rings (SSSR count). The summed E-state index contributed by atoms with van der Waals surface area (Å²) in [4.78, 5) is 23.6. The second kappa shape index (κ2) is 8.46. The lowest BCUT2D eigenvalue weighted by Gasteiger charge is -2.16. The second-order valence-corrected chi connectivity index (χ2v) is 6.25. The van der Waals surface area contributed by atoms with Gasteiger partial charge in [0.25, 0.3) is 5.91 Å². The summed E-state index contributed by atoms with van der Waals surface area (Å²) in [6.07, 6.45) is 4.61. The van der Waals surface area contributed by atoms with Gasteiger partial charge in [0.1, 0.15) is 17.9 Å². The van der Waals surface area contributed by atoms with E-state index < -0.39 is 0 Å². The Morgan fingerprint density at radius 3 is 3.04 bits per heavy atom. The van der Waals surface area contributed by atoms with Gasteiger partial charge in [0.15, 0.2) is 6.61 Å². The van der Waals surface area contributed by atoms with Crippen LogP contribution in [0.1, 0.15) is 32.0 Å². The minimum Gasteiger partial charge on any atom is -0.484 e. The minimum absolute atomic E-state index is 0.0617. The third-order valence-corrected chi connectivity index (χ3v) is 4.30. The first-order valence-electron chi connectivity index (χ1n) is 8.83. The first-order chi connectivity index (χ1) is 12.6. The van der Waals surface area contributed by atoms with Crippen LogP contribution < -0.4 is 15.4 Å². The Balaban J connectivity index is 1.46. The topological polar surface area (TPSA) is 98.1 Å². The number of hydrogen-bond acceptors (Lipinski definition) is 5. The molecule has 1 unspecified atom stereocenters. The minimum atomic E-state index is -0.157. The Morgan fingerprint density at radius 1 is 1.31 bits per heavy atom. The van der Waals surface area contributed by atoms with Crippen LogP contribution >= 0.6 is 0 Å². The van der Waals surface area contributed by atoms with Crippen LogP contribution in [0.15, 0.2) is 30.6 Å². The van der Waals surface area contributed by atoms with Crippen LogP contribution in [0.2, 0.25) is 0 Å². The number of fused-ring (bicyclic) bond motifs is 1. The van der Waals surface area contributed by atoms with Gasteiger partial charge in [0.05, 0.1) is 0 Å². The SMILES string of the molecule is CCC(=O)Nc1cccc(OCC(=O)NC2CCc3nncn3CC2)c1. The van der Waals surface area contributed by atoms with Gasteiger partial charge in [-0.3, -0.25) is 9.59 Å². The normalized spacial score (nSPS) is 16.3. The van der Waals surface area contributed by atoms with Crippen molar-refractivity contribution in [2.24, 2.45) is 0 Å². The molecule has 1 aromatic carbocycles. The first-order valence-corrected chi connectivity index (χ1v) is 8.83. The van der Waals surface area contributed by atoms with Crippen molar-refractivity contribution < 1.29 is 14.3 Å². The summed E-state index contributed by atoms with van der Waals surface area (Å²) in [5, 5.41) is 13.8. The van der Waals surface area contributed by atoms with Crippen molar-refractivity contribution in [3.8, 4) is 5.75 Å². The number of nitrogens with one attached hydrogen (secondary N) is 2. The standard InChI is InChI=1S/C18H23N5O3/c1-2-17(24)21-14-4-3-5-15(10-14)26-11-18(25)20-13-6-7-16-22-19-12-23(16)9-8-13/h3-5,10,12-13H,2,6-9,11H2,1H3,(H,20,25)(H,21,24). The number of aromatic nitrogens is 3. The molecule has 0 saturated carbocycles. The summed E-state index contributed by atoms with van der Waals surface area (Å²) in [5.74, 6) is 1.28. The van der Waals surface area contributed by atoms with E-state index in [9.17, 15) is 9.59 Å². The molecule has 0 radical (unpaired) electrons. The van der Waals surface area contributed by atoms with E-state index in [4.69, 9.17) is 4.74 Å². The van der Waals surface area contributed by atoms with E-state index in [-0.39, 0.29) is 24.5 Å². The van der Waals surface area contributed by atoms with E-state index in [0.717, 1.165) is 31.6 Å². The van der Waals surface area contributed by atoms with Crippen LogP contribution in [-0.2, 0) is 22.6 Å².